The van der Waals surface area contributed by atoms with Gasteiger partial charge in [-0.3, -0.25) is 9.59 Å². The number of nitrogens with zero attached hydrogens (tertiary/aromatic N) is 3. The second kappa shape index (κ2) is 11.0. The molecule has 3 heterocycles. The van der Waals surface area contributed by atoms with Crippen molar-refractivity contribution in [3.63, 3.8) is 0 Å². The highest BCUT2D eigenvalue weighted by Crippen LogP contribution is 2.30. The molecule has 0 bridgehead atoms. The fourth-order valence-electron chi connectivity index (χ4n) is 4.61. The molecule has 8 nitrogen and oxygen atoms in total. The molecule has 1 aromatic carbocycles. The highest BCUT2D eigenvalue weighted by molar-refractivity contribution is 7.13. The summed E-state index contributed by atoms with van der Waals surface area (Å²) in [6.45, 7) is 9.18. The third-order valence-electron chi connectivity index (χ3n) is 6.55. The van der Waals surface area contributed by atoms with Gasteiger partial charge in [-0.15, -0.1) is 11.3 Å². The van der Waals surface area contributed by atoms with Gasteiger partial charge >= 0.3 is 0 Å². The van der Waals surface area contributed by atoms with E-state index in [9.17, 15) is 9.59 Å². The zero-order chi connectivity index (χ0) is 24.9. The van der Waals surface area contributed by atoms with Crippen LogP contribution in [0.15, 0.2) is 40.4 Å². The van der Waals surface area contributed by atoms with Crippen LogP contribution in [0.3, 0.4) is 0 Å². The molecule has 1 aliphatic rings. The Morgan fingerprint density at radius 1 is 1.26 bits per heavy atom. The number of benzene rings is 1. The first-order valence-electron chi connectivity index (χ1n) is 12.2. The number of thiazole rings is 1. The molecule has 0 saturated carbocycles. The quantitative estimate of drug-likeness (QED) is 0.438. The zero-order valence-electron chi connectivity index (χ0n) is 20.7. The lowest BCUT2D eigenvalue weighted by Gasteiger charge is -2.28. The van der Waals surface area contributed by atoms with Crippen molar-refractivity contribution in [3.8, 4) is 10.4 Å². The van der Waals surface area contributed by atoms with Gasteiger partial charge in [-0.2, -0.15) is 0 Å². The topological polar surface area (TPSA) is 100 Å². The standard InChI is InChI=1S/C26H33N5O3S/c1-5-20(22-14-23(27-6-2)30-34-22)26(33)31-13-7-8-21(31)25(32)29-16(3)18-9-11-19(12-10-18)24-17(4)28-15-35-24/h9-12,14-16,20-21H,5-8,13H2,1-4H3,(H,27,30)(H,29,32). The molecule has 186 valence electrons. The Hall–Kier alpha value is -3.20. The Balaban J connectivity index is 1.41. The van der Waals surface area contributed by atoms with Crippen molar-refractivity contribution in [3.05, 3.63) is 52.9 Å². The van der Waals surface area contributed by atoms with Gasteiger partial charge in [0.15, 0.2) is 11.6 Å². The minimum atomic E-state index is -0.478. The van der Waals surface area contributed by atoms with Crippen LogP contribution < -0.4 is 10.6 Å². The number of likely N-dealkylation sites (tertiary alicyclic amines) is 1. The molecular weight excluding hydrogens is 462 g/mol. The third kappa shape index (κ3) is 5.40. The van der Waals surface area contributed by atoms with Gasteiger partial charge in [0.2, 0.25) is 11.8 Å². The summed E-state index contributed by atoms with van der Waals surface area (Å²) < 4.78 is 5.45. The second-order valence-electron chi connectivity index (χ2n) is 8.91. The molecule has 3 unspecified atom stereocenters. The smallest absolute Gasteiger partial charge is 0.243 e. The summed E-state index contributed by atoms with van der Waals surface area (Å²) in [6, 6.07) is 9.33. The van der Waals surface area contributed by atoms with Crippen molar-refractivity contribution in [1.82, 2.24) is 20.4 Å². The minimum absolute atomic E-state index is 0.0821. The van der Waals surface area contributed by atoms with Gasteiger partial charge in [-0.1, -0.05) is 36.3 Å². The Morgan fingerprint density at radius 3 is 2.69 bits per heavy atom. The Morgan fingerprint density at radius 2 is 2.03 bits per heavy atom. The Labute approximate surface area is 210 Å². The number of carbonyl (C=O) groups is 2. The summed E-state index contributed by atoms with van der Waals surface area (Å²) in [6.07, 6.45) is 2.03. The van der Waals surface area contributed by atoms with Gasteiger partial charge in [0.1, 0.15) is 6.04 Å². The Bertz CT molecular complexity index is 1160. The molecule has 0 radical (unpaired) electrons. The van der Waals surface area contributed by atoms with Crippen molar-refractivity contribution in [2.24, 2.45) is 0 Å². The fraction of sp³-hybridized carbons (Fsp3) is 0.462. The summed E-state index contributed by atoms with van der Waals surface area (Å²) in [5.41, 5.74) is 5.01. The largest absolute Gasteiger partial charge is 0.368 e. The third-order valence-corrected chi connectivity index (χ3v) is 7.53. The maximum absolute atomic E-state index is 13.4. The van der Waals surface area contributed by atoms with E-state index >= 15 is 0 Å². The van der Waals surface area contributed by atoms with E-state index in [1.54, 1.807) is 22.3 Å². The van der Waals surface area contributed by atoms with Gasteiger partial charge in [0.05, 0.1) is 28.0 Å². The number of nitrogens with one attached hydrogen (secondary N) is 2. The van der Waals surface area contributed by atoms with E-state index in [1.807, 2.05) is 45.3 Å². The highest BCUT2D eigenvalue weighted by atomic mass is 32.1. The molecule has 1 aliphatic heterocycles. The van der Waals surface area contributed by atoms with Crippen LogP contribution >= 0.6 is 11.3 Å². The lowest BCUT2D eigenvalue weighted by atomic mass is 10.0. The molecule has 3 atom stereocenters. The van der Waals surface area contributed by atoms with E-state index in [-0.39, 0.29) is 17.9 Å². The number of aromatic nitrogens is 2. The van der Waals surface area contributed by atoms with E-state index < -0.39 is 12.0 Å². The van der Waals surface area contributed by atoms with Crippen molar-refractivity contribution in [2.45, 2.75) is 65.0 Å². The molecule has 2 amide bonds. The van der Waals surface area contributed by atoms with Crippen molar-refractivity contribution >= 4 is 29.0 Å². The lowest BCUT2D eigenvalue weighted by molar-refractivity contribution is -0.140. The number of hydrogen-bond acceptors (Lipinski definition) is 7. The predicted molar refractivity (Wildman–Crippen MR) is 137 cm³/mol. The van der Waals surface area contributed by atoms with Crippen molar-refractivity contribution in [2.75, 3.05) is 18.4 Å². The van der Waals surface area contributed by atoms with E-state index in [1.165, 1.54) is 0 Å². The molecule has 4 rings (SSSR count). The summed E-state index contributed by atoms with van der Waals surface area (Å²) in [7, 11) is 0. The molecule has 2 aromatic heterocycles. The molecule has 0 aliphatic carbocycles. The van der Waals surface area contributed by atoms with E-state index in [0.717, 1.165) is 34.7 Å². The second-order valence-corrected chi connectivity index (χ2v) is 9.77. The van der Waals surface area contributed by atoms with Gasteiger partial charge in [-0.05, 0) is 51.2 Å². The van der Waals surface area contributed by atoms with E-state index in [0.29, 0.717) is 31.0 Å². The van der Waals surface area contributed by atoms with Gasteiger partial charge < -0.3 is 20.1 Å². The Kier molecular flexibility index (Phi) is 7.85. The molecule has 1 fully saturated rings. The number of amides is 2. The van der Waals surface area contributed by atoms with Crippen LogP contribution in [0.1, 0.15) is 69.0 Å². The number of rotatable bonds is 9. The molecule has 3 aromatic rings. The van der Waals surface area contributed by atoms with Crippen molar-refractivity contribution < 1.29 is 14.1 Å². The molecule has 35 heavy (non-hydrogen) atoms. The van der Waals surface area contributed by atoms with Crippen LogP contribution in [0.2, 0.25) is 0 Å². The summed E-state index contributed by atoms with van der Waals surface area (Å²) in [4.78, 5) is 33.8. The van der Waals surface area contributed by atoms with E-state index in [2.05, 4.69) is 32.9 Å². The number of hydrogen-bond donors (Lipinski definition) is 2. The average molecular weight is 496 g/mol. The maximum Gasteiger partial charge on any atom is 0.243 e. The lowest BCUT2D eigenvalue weighted by Crippen LogP contribution is -2.47. The number of aryl methyl sites for hydroxylation is 1. The SMILES string of the molecule is CCNc1cc(C(CC)C(=O)N2CCCC2C(=O)NC(C)c2ccc(-c3scnc3C)cc2)on1. The van der Waals surface area contributed by atoms with Crippen LogP contribution in [0.5, 0.6) is 0 Å². The van der Waals surface area contributed by atoms with Crippen LogP contribution in [0.4, 0.5) is 5.82 Å². The number of carbonyl (C=O) groups excluding carboxylic acids is 2. The molecular formula is C26H33N5O3S. The fourth-order valence-corrected chi connectivity index (χ4v) is 5.43. The summed E-state index contributed by atoms with van der Waals surface area (Å²) >= 11 is 1.62. The molecule has 0 spiro atoms. The van der Waals surface area contributed by atoms with Crippen molar-refractivity contribution in [1.29, 1.82) is 0 Å². The summed E-state index contributed by atoms with van der Waals surface area (Å²) in [5, 5.41) is 10.2. The first kappa shape index (κ1) is 24.9. The summed E-state index contributed by atoms with van der Waals surface area (Å²) in [5.74, 6) is 0.496. The van der Waals surface area contributed by atoms with Gasteiger partial charge in [0.25, 0.3) is 0 Å². The van der Waals surface area contributed by atoms with Gasteiger partial charge in [0, 0.05) is 19.2 Å². The minimum Gasteiger partial charge on any atom is -0.368 e. The average Bonchev–Trinajstić information content (AvgIpc) is 3.61. The highest BCUT2D eigenvalue weighted by Gasteiger charge is 2.38. The van der Waals surface area contributed by atoms with Crippen LogP contribution in [0.25, 0.3) is 10.4 Å². The molecule has 1 saturated heterocycles. The zero-order valence-corrected chi connectivity index (χ0v) is 21.5. The normalized spacial score (nSPS) is 17.3. The molecule has 2 N–H and O–H groups in total. The van der Waals surface area contributed by atoms with Crippen LogP contribution in [-0.4, -0.2) is 46.0 Å². The number of anilines is 1. The first-order valence-corrected chi connectivity index (χ1v) is 13.1. The van der Waals surface area contributed by atoms with Crippen LogP contribution in [0, 0.1) is 6.92 Å². The molecule has 9 heteroatoms. The maximum atomic E-state index is 13.4. The monoisotopic (exact) mass is 495 g/mol. The van der Waals surface area contributed by atoms with Gasteiger partial charge in [-0.25, -0.2) is 4.98 Å². The van der Waals surface area contributed by atoms with Crippen LogP contribution in [-0.2, 0) is 9.59 Å². The first-order chi connectivity index (χ1) is 16.9. The predicted octanol–water partition coefficient (Wildman–Crippen LogP) is 4.90. The van der Waals surface area contributed by atoms with E-state index in [4.69, 9.17) is 4.52 Å².